The number of anilines is 1. The summed E-state index contributed by atoms with van der Waals surface area (Å²) in [6.07, 6.45) is 10.3. The Balaban J connectivity index is 1.37. The lowest BCUT2D eigenvalue weighted by atomic mass is 9.96. The summed E-state index contributed by atoms with van der Waals surface area (Å²) in [5.41, 5.74) is 0. The molecule has 25 heavy (non-hydrogen) atoms. The number of aromatic nitrogens is 2. The average molecular weight is 384 g/mol. The van der Waals surface area contributed by atoms with Crippen LogP contribution in [-0.4, -0.2) is 40.0 Å². The number of nitrogens with one attached hydrogen (secondary N) is 3. The number of urea groups is 1. The van der Waals surface area contributed by atoms with Gasteiger partial charge < -0.3 is 10.6 Å². The molecule has 0 spiro atoms. The van der Waals surface area contributed by atoms with Crippen LogP contribution in [0.2, 0.25) is 0 Å². The molecule has 3 N–H and O–H groups in total. The van der Waals surface area contributed by atoms with Crippen LogP contribution in [0.1, 0.15) is 57.8 Å². The lowest BCUT2D eigenvalue weighted by molar-refractivity contribution is -0.119. The SMILES string of the molecule is O=C(CSc1nnc(NC(=O)NC2CCCCC2)s1)NC1CCCC1. The number of hydrogen-bond acceptors (Lipinski definition) is 6. The predicted octanol–water partition coefficient (Wildman–Crippen LogP) is 3.14. The lowest BCUT2D eigenvalue weighted by Crippen LogP contribution is -2.38. The quantitative estimate of drug-likeness (QED) is 0.518. The summed E-state index contributed by atoms with van der Waals surface area (Å²) in [4.78, 5) is 23.9. The number of hydrogen-bond donors (Lipinski definition) is 3. The topological polar surface area (TPSA) is 96.0 Å². The van der Waals surface area contributed by atoms with E-state index >= 15 is 0 Å². The molecule has 1 heterocycles. The van der Waals surface area contributed by atoms with E-state index in [9.17, 15) is 9.59 Å². The van der Waals surface area contributed by atoms with Gasteiger partial charge in [-0.1, -0.05) is 55.2 Å². The van der Waals surface area contributed by atoms with Crippen LogP contribution >= 0.6 is 23.1 Å². The van der Waals surface area contributed by atoms with Gasteiger partial charge in [0.1, 0.15) is 0 Å². The molecule has 0 unspecified atom stereocenters. The van der Waals surface area contributed by atoms with Gasteiger partial charge >= 0.3 is 6.03 Å². The first kappa shape index (κ1) is 18.4. The van der Waals surface area contributed by atoms with Crippen molar-refractivity contribution in [3.05, 3.63) is 0 Å². The average Bonchev–Trinajstić information content (AvgIpc) is 3.26. The molecule has 2 aliphatic rings. The van der Waals surface area contributed by atoms with E-state index in [1.807, 2.05) is 0 Å². The molecule has 2 aliphatic carbocycles. The van der Waals surface area contributed by atoms with E-state index < -0.39 is 0 Å². The number of amides is 3. The Kier molecular flexibility index (Phi) is 6.92. The maximum absolute atomic E-state index is 12.0. The zero-order valence-corrected chi connectivity index (χ0v) is 15.9. The maximum atomic E-state index is 12.0. The Labute approximate surface area is 156 Å². The summed E-state index contributed by atoms with van der Waals surface area (Å²) in [6, 6.07) is 0.372. The largest absolute Gasteiger partial charge is 0.353 e. The fourth-order valence-corrected chi connectivity index (χ4v) is 4.91. The van der Waals surface area contributed by atoms with Crippen LogP contribution in [0.15, 0.2) is 4.34 Å². The fraction of sp³-hybridized carbons (Fsp3) is 0.750. The van der Waals surface area contributed by atoms with Gasteiger partial charge in [-0.3, -0.25) is 10.1 Å². The zero-order chi connectivity index (χ0) is 17.5. The minimum absolute atomic E-state index is 0.0386. The van der Waals surface area contributed by atoms with Gasteiger partial charge in [0, 0.05) is 12.1 Å². The first-order chi connectivity index (χ1) is 12.2. The van der Waals surface area contributed by atoms with Crippen molar-refractivity contribution in [1.82, 2.24) is 20.8 Å². The van der Waals surface area contributed by atoms with Crippen LogP contribution in [0.3, 0.4) is 0 Å². The van der Waals surface area contributed by atoms with Crippen molar-refractivity contribution in [1.29, 1.82) is 0 Å². The molecule has 138 valence electrons. The molecule has 2 fully saturated rings. The molecule has 2 saturated carbocycles. The number of carbonyl (C=O) groups is 2. The summed E-state index contributed by atoms with van der Waals surface area (Å²) in [5.74, 6) is 0.371. The van der Waals surface area contributed by atoms with Gasteiger partial charge in [-0.25, -0.2) is 4.79 Å². The van der Waals surface area contributed by atoms with Crippen molar-refractivity contribution < 1.29 is 9.59 Å². The van der Waals surface area contributed by atoms with E-state index in [1.165, 1.54) is 55.2 Å². The summed E-state index contributed by atoms with van der Waals surface area (Å²) < 4.78 is 0.689. The Bertz CT molecular complexity index is 583. The van der Waals surface area contributed by atoms with Gasteiger partial charge in [0.15, 0.2) is 4.34 Å². The molecule has 0 saturated heterocycles. The smallest absolute Gasteiger partial charge is 0.321 e. The maximum Gasteiger partial charge on any atom is 0.321 e. The second-order valence-electron chi connectivity index (χ2n) is 6.64. The van der Waals surface area contributed by atoms with Crippen molar-refractivity contribution in [3.63, 3.8) is 0 Å². The van der Waals surface area contributed by atoms with Gasteiger partial charge in [-0.05, 0) is 25.7 Å². The van der Waals surface area contributed by atoms with Crippen LogP contribution in [0.4, 0.5) is 9.93 Å². The van der Waals surface area contributed by atoms with E-state index in [4.69, 9.17) is 0 Å². The molecule has 0 radical (unpaired) electrons. The third kappa shape index (κ3) is 6.14. The standard InChI is InChI=1S/C16H25N5O2S2/c22-13(17-11-8-4-5-9-11)10-24-16-21-20-15(25-16)19-14(23)18-12-6-2-1-3-7-12/h11-12H,1-10H2,(H,17,22)(H2,18,19,20,23). The Hall–Kier alpha value is -1.35. The Morgan fingerprint density at radius 1 is 0.960 bits per heavy atom. The van der Waals surface area contributed by atoms with E-state index in [1.54, 1.807) is 0 Å². The minimum atomic E-state index is -0.224. The molecular formula is C16H25N5O2S2. The number of thioether (sulfide) groups is 1. The number of nitrogens with zero attached hydrogens (tertiary/aromatic N) is 2. The number of rotatable bonds is 6. The van der Waals surface area contributed by atoms with Gasteiger partial charge in [0.05, 0.1) is 5.75 Å². The Morgan fingerprint density at radius 2 is 1.60 bits per heavy atom. The summed E-state index contributed by atoms with van der Waals surface area (Å²) in [5, 5.41) is 17.2. The third-order valence-electron chi connectivity index (χ3n) is 4.61. The van der Waals surface area contributed by atoms with Crippen LogP contribution < -0.4 is 16.0 Å². The molecule has 3 rings (SSSR count). The molecule has 9 heteroatoms. The molecule has 1 aromatic rings. The highest BCUT2D eigenvalue weighted by molar-refractivity contribution is 8.01. The van der Waals surface area contributed by atoms with Crippen LogP contribution in [0, 0.1) is 0 Å². The minimum Gasteiger partial charge on any atom is -0.353 e. The van der Waals surface area contributed by atoms with Gasteiger partial charge in [0.25, 0.3) is 0 Å². The van der Waals surface area contributed by atoms with Gasteiger partial charge in [-0.15, -0.1) is 10.2 Å². The van der Waals surface area contributed by atoms with E-state index in [2.05, 4.69) is 26.1 Å². The highest BCUT2D eigenvalue weighted by atomic mass is 32.2. The molecular weight excluding hydrogens is 358 g/mol. The van der Waals surface area contributed by atoms with Crippen molar-refractivity contribution in [3.8, 4) is 0 Å². The fourth-order valence-electron chi connectivity index (χ4n) is 3.35. The van der Waals surface area contributed by atoms with E-state index in [0.717, 1.165) is 25.7 Å². The van der Waals surface area contributed by atoms with Crippen molar-refractivity contribution in [2.45, 2.75) is 74.2 Å². The Morgan fingerprint density at radius 3 is 2.32 bits per heavy atom. The van der Waals surface area contributed by atoms with E-state index in [-0.39, 0.29) is 18.0 Å². The van der Waals surface area contributed by atoms with Crippen LogP contribution in [0.25, 0.3) is 0 Å². The van der Waals surface area contributed by atoms with Gasteiger partial charge in [0.2, 0.25) is 11.0 Å². The van der Waals surface area contributed by atoms with E-state index in [0.29, 0.717) is 21.3 Å². The summed E-state index contributed by atoms with van der Waals surface area (Å²) in [7, 11) is 0. The molecule has 0 bridgehead atoms. The monoisotopic (exact) mass is 383 g/mol. The van der Waals surface area contributed by atoms with Crippen molar-refractivity contribution in [2.75, 3.05) is 11.1 Å². The second kappa shape index (κ2) is 9.38. The zero-order valence-electron chi connectivity index (χ0n) is 14.3. The van der Waals surface area contributed by atoms with Crippen molar-refractivity contribution in [2.24, 2.45) is 0 Å². The highest BCUT2D eigenvalue weighted by Crippen LogP contribution is 2.26. The molecule has 1 aromatic heterocycles. The van der Waals surface area contributed by atoms with Gasteiger partial charge in [-0.2, -0.15) is 0 Å². The van der Waals surface area contributed by atoms with Crippen molar-refractivity contribution >= 4 is 40.2 Å². The summed E-state index contributed by atoms with van der Waals surface area (Å²) in [6.45, 7) is 0. The third-order valence-corrected chi connectivity index (χ3v) is 6.59. The predicted molar refractivity (Wildman–Crippen MR) is 100 cm³/mol. The van der Waals surface area contributed by atoms with Crippen LogP contribution in [0.5, 0.6) is 0 Å². The molecule has 3 amide bonds. The molecule has 7 nitrogen and oxygen atoms in total. The highest BCUT2D eigenvalue weighted by Gasteiger charge is 2.18. The second-order valence-corrected chi connectivity index (χ2v) is 8.84. The first-order valence-corrected chi connectivity index (χ1v) is 10.8. The molecule has 0 atom stereocenters. The summed E-state index contributed by atoms with van der Waals surface area (Å²) >= 11 is 2.65. The molecule has 0 aliphatic heterocycles. The number of carbonyl (C=O) groups excluding carboxylic acids is 2. The normalized spacial score (nSPS) is 18.9. The first-order valence-electron chi connectivity index (χ1n) is 9.02. The van der Waals surface area contributed by atoms with Crippen LogP contribution in [-0.2, 0) is 4.79 Å². The lowest BCUT2D eigenvalue weighted by Gasteiger charge is -2.22. The molecule has 0 aromatic carbocycles.